The van der Waals surface area contributed by atoms with Gasteiger partial charge in [0.1, 0.15) is 0 Å². The van der Waals surface area contributed by atoms with Gasteiger partial charge in [-0.2, -0.15) is 0 Å². The number of halogens is 1. The monoisotopic (exact) mass is 157 g/mol. The Morgan fingerprint density at radius 3 is 2.36 bits per heavy atom. The molecule has 0 aromatic carbocycles. The highest BCUT2D eigenvalue weighted by atomic mass is 19.1. The van der Waals surface area contributed by atoms with Crippen LogP contribution in [-0.4, -0.2) is 20.0 Å². The van der Waals surface area contributed by atoms with Crippen LogP contribution in [0.1, 0.15) is 0 Å². The summed E-state index contributed by atoms with van der Waals surface area (Å²) in [5.74, 6) is -1.74. The zero-order chi connectivity index (χ0) is 8.32. The second-order valence-corrected chi connectivity index (χ2v) is 2.14. The van der Waals surface area contributed by atoms with E-state index in [1.807, 2.05) is 0 Å². The molecule has 0 saturated carbocycles. The maximum Gasteiger partial charge on any atom is 0.241 e. The maximum absolute atomic E-state index is 13.0. The molecule has 61 valence electrons. The van der Waals surface area contributed by atoms with Crippen LogP contribution >= 0.6 is 0 Å². The Balaban J connectivity index is 2.87. The van der Waals surface area contributed by atoms with E-state index in [0.717, 1.165) is 0 Å². The molecule has 0 atom stereocenters. The first-order chi connectivity index (χ1) is 5.25. The molecule has 0 saturated heterocycles. The van der Waals surface area contributed by atoms with Crippen LogP contribution in [0, 0.1) is 6.42 Å². The SMILES string of the molecule is COC1(OC)C=C[CH]C=C1F. The lowest BCUT2D eigenvalue weighted by Gasteiger charge is -2.27. The van der Waals surface area contributed by atoms with Crippen molar-refractivity contribution in [3.8, 4) is 0 Å². The van der Waals surface area contributed by atoms with E-state index < -0.39 is 11.6 Å². The third kappa shape index (κ3) is 1.34. The Hall–Kier alpha value is -0.670. The molecule has 0 fully saturated rings. The quantitative estimate of drug-likeness (QED) is 0.567. The lowest BCUT2D eigenvalue weighted by molar-refractivity contribution is -0.154. The van der Waals surface area contributed by atoms with Gasteiger partial charge < -0.3 is 9.47 Å². The Morgan fingerprint density at radius 2 is 2.00 bits per heavy atom. The van der Waals surface area contributed by atoms with E-state index in [0.29, 0.717) is 0 Å². The molecule has 1 aliphatic rings. The van der Waals surface area contributed by atoms with Crippen LogP contribution in [0.4, 0.5) is 4.39 Å². The molecule has 0 aliphatic heterocycles. The van der Waals surface area contributed by atoms with Gasteiger partial charge in [-0.3, -0.25) is 0 Å². The minimum absolute atomic E-state index is 0.440. The number of ether oxygens (including phenoxy) is 2. The second kappa shape index (κ2) is 3.15. The highest BCUT2D eigenvalue weighted by Crippen LogP contribution is 2.28. The highest BCUT2D eigenvalue weighted by Gasteiger charge is 2.33. The van der Waals surface area contributed by atoms with Crippen LogP contribution in [0.15, 0.2) is 24.1 Å². The summed E-state index contributed by atoms with van der Waals surface area (Å²) in [5.41, 5.74) is 0. The van der Waals surface area contributed by atoms with Gasteiger partial charge in [0.2, 0.25) is 5.79 Å². The van der Waals surface area contributed by atoms with Gasteiger partial charge in [-0.1, -0.05) is 6.08 Å². The van der Waals surface area contributed by atoms with Gasteiger partial charge >= 0.3 is 0 Å². The summed E-state index contributed by atoms with van der Waals surface area (Å²) in [4.78, 5) is 0. The first kappa shape index (κ1) is 8.43. The van der Waals surface area contributed by atoms with Crippen LogP contribution in [0.5, 0.6) is 0 Å². The Kier molecular flexibility index (Phi) is 2.42. The van der Waals surface area contributed by atoms with Gasteiger partial charge in [0, 0.05) is 20.6 Å². The number of hydrogen-bond acceptors (Lipinski definition) is 2. The molecule has 0 unspecified atom stereocenters. The van der Waals surface area contributed by atoms with Crippen LogP contribution < -0.4 is 0 Å². The van der Waals surface area contributed by atoms with Crippen molar-refractivity contribution in [3.05, 3.63) is 30.5 Å². The first-order valence-corrected chi connectivity index (χ1v) is 3.24. The summed E-state index contributed by atoms with van der Waals surface area (Å²) >= 11 is 0. The molecule has 0 amide bonds. The molecule has 11 heavy (non-hydrogen) atoms. The van der Waals surface area contributed by atoms with Gasteiger partial charge in [0.05, 0.1) is 0 Å². The van der Waals surface area contributed by atoms with Crippen molar-refractivity contribution in [1.29, 1.82) is 0 Å². The molecule has 3 heteroatoms. The average molecular weight is 157 g/mol. The standard InChI is InChI=1S/C8H10FO2/c1-10-8(11-2)6-4-3-5-7(8)9/h3-6H,1-2H3. The van der Waals surface area contributed by atoms with Crippen molar-refractivity contribution >= 4 is 0 Å². The molecule has 2 nitrogen and oxygen atoms in total. The van der Waals surface area contributed by atoms with E-state index in [1.165, 1.54) is 26.4 Å². The lowest BCUT2D eigenvalue weighted by atomic mass is 10.1. The molecule has 1 rings (SSSR count). The van der Waals surface area contributed by atoms with Crippen molar-refractivity contribution in [3.63, 3.8) is 0 Å². The molecule has 0 heterocycles. The number of methoxy groups -OCH3 is 2. The maximum atomic E-state index is 13.0. The molecule has 0 spiro atoms. The predicted molar refractivity (Wildman–Crippen MR) is 39.4 cm³/mol. The van der Waals surface area contributed by atoms with Crippen molar-refractivity contribution < 1.29 is 13.9 Å². The normalized spacial score (nSPS) is 21.5. The fraction of sp³-hybridized carbons (Fsp3) is 0.375. The number of allylic oxidation sites excluding steroid dienone is 2. The summed E-state index contributed by atoms with van der Waals surface area (Å²) in [5, 5.41) is 0. The van der Waals surface area contributed by atoms with E-state index in [-0.39, 0.29) is 0 Å². The lowest BCUT2D eigenvalue weighted by Crippen LogP contribution is -2.33. The summed E-state index contributed by atoms with van der Waals surface area (Å²) in [6, 6.07) is 0. The van der Waals surface area contributed by atoms with Crippen LogP contribution in [0.25, 0.3) is 0 Å². The predicted octanol–water partition coefficient (Wildman–Crippen LogP) is 1.60. The van der Waals surface area contributed by atoms with Gasteiger partial charge in [-0.15, -0.1) is 0 Å². The first-order valence-electron chi connectivity index (χ1n) is 3.24. The van der Waals surface area contributed by atoms with Crippen LogP contribution in [0.2, 0.25) is 0 Å². The zero-order valence-corrected chi connectivity index (χ0v) is 6.50. The third-order valence-corrected chi connectivity index (χ3v) is 1.61. The molecule has 1 radical (unpaired) electrons. The molecule has 0 aromatic rings. The Bertz CT molecular complexity index is 192. The zero-order valence-electron chi connectivity index (χ0n) is 6.50. The molecular weight excluding hydrogens is 147 g/mol. The van der Waals surface area contributed by atoms with Crippen molar-refractivity contribution in [2.75, 3.05) is 14.2 Å². The minimum atomic E-state index is -1.30. The Labute approximate surface area is 65.3 Å². The van der Waals surface area contributed by atoms with Crippen molar-refractivity contribution in [1.82, 2.24) is 0 Å². The van der Waals surface area contributed by atoms with Crippen LogP contribution in [0.3, 0.4) is 0 Å². The van der Waals surface area contributed by atoms with E-state index in [9.17, 15) is 4.39 Å². The van der Waals surface area contributed by atoms with Crippen LogP contribution in [-0.2, 0) is 9.47 Å². The van der Waals surface area contributed by atoms with E-state index in [2.05, 4.69) is 0 Å². The fourth-order valence-corrected chi connectivity index (χ4v) is 0.932. The smallest absolute Gasteiger partial charge is 0.241 e. The topological polar surface area (TPSA) is 18.5 Å². The Morgan fingerprint density at radius 1 is 1.36 bits per heavy atom. The van der Waals surface area contributed by atoms with Gasteiger partial charge in [0.15, 0.2) is 5.83 Å². The van der Waals surface area contributed by atoms with Crippen molar-refractivity contribution in [2.24, 2.45) is 0 Å². The summed E-state index contributed by atoms with van der Waals surface area (Å²) in [6.45, 7) is 0. The molecule has 0 N–H and O–H groups in total. The van der Waals surface area contributed by atoms with Crippen molar-refractivity contribution in [2.45, 2.75) is 5.79 Å². The van der Waals surface area contributed by atoms with Gasteiger partial charge in [0.25, 0.3) is 0 Å². The third-order valence-electron chi connectivity index (χ3n) is 1.61. The van der Waals surface area contributed by atoms with E-state index >= 15 is 0 Å². The number of rotatable bonds is 2. The molecular formula is C8H10FO2. The second-order valence-electron chi connectivity index (χ2n) is 2.14. The van der Waals surface area contributed by atoms with E-state index in [1.54, 1.807) is 12.5 Å². The van der Waals surface area contributed by atoms with Gasteiger partial charge in [-0.05, 0) is 12.2 Å². The minimum Gasteiger partial charge on any atom is -0.344 e. The highest BCUT2D eigenvalue weighted by molar-refractivity contribution is 5.28. The summed E-state index contributed by atoms with van der Waals surface area (Å²) in [7, 11) is 2.79. The van der Waals surface area contributed by atoms with Gasteiger partial charge in [-0.25, -0.2) is 4.39 Å². The summed E-state index contributed by atoms with van der Waals surface area (Å²) in [6.07, 6.45) is 6.09. The fourth-order valence-electron chi connectivity index (χ4n) is 0.932. The van der Waals surface area contributed by atoms with E-state index in [4.69, 9.17) is 9.47 Å². The number of hydrogen-bond donors (Lipinski definition) is 0. The molecule has 0 aromatic heterocycles. The largest absolute Gasteiger partial charge is 0.344 e. The average Bonchev–Trinajstić information content (AvgIpc) is 2.06. The molecule has 1 aliphatic carbocycles. The summed E-state index contributed by atoms with van der Waals surface area (Å²) < 4.78 is 22.8. The molecule has 0 bridgehead atoms.